The molecule has 0 aliphatic heterocycles. The maximum Gasteiger partial charge on any atom is 0.240 e. The van der Waals surface area contributed by atoms with E-state index >= 15 is 0 Å². The summed E-state index contributed by atoms with van der Waals surface area (Å²) in [5.74, 6) is 0.661. The third kappa shape index (κ3) is 2.85. The van der Waals surface area contributed by atoms with E-state index < -0.39 is 0 Å². The number of carbonyl (C=O) groups is 1. The molecule has 5 nitrogen and oxygen atoms in total. The Balaban J connectivity index is 2.20. The molecule has 0 atom stereocenters. The largest absolute Gasteiger partial charge is 0.355 e. The van der Waals surface area contributed by atoms with Gasteiger partial charge < -0.3 is 5.32 Å². The molecule has 0 fully saturated rings. The number of thiophene rings is 1. The number of aromatic amines is 1. The van der Waals surface area contributed by atoms with Crippen LogP contribution in [0.25, 0.3) is 10.7 Å². The summed E-state index contributed by atoms with van der Waals surface area (Å²) < 4.78 is 2.18. The first-order valence-electron chi connectivity index (χ1n) is 5.68. The summed E-state index contributed by atoms with van der Waals surface area (Å²) in [6.45, 7) is 2.89. The Bertz CT molecular complexity index is 570. The summed E-state index contributed by atoms with van der Waals surface area (Å²) in [7, 11) is 0. The van der Waals surface area contributed by atoms with Crippen molar-refractivity contribution < 1.29 is 4.79 Å². The summed E-state index contributed by atoms with van der Waals surface area (Å²) in [5.41, 5.74) is 0. The second kappa shape index (κ2) is 5.92. The van der Waals surface area contributed by atoms with Crippen molar-refractivity contribution in [3.05, 3.63) is 22.3 Å². The molecular formula is C11H14N4OS2. The van der Waals surface area contributed by atoms with Crippen LogP contribution in [0.1, 0.15) is 13.3 Å². The molecule has 1 amide bonds. The van der Waals surface area contributed by atoms with Crippen molar-refractivity contribution in [3.63, 3.8) is 0 Å². The average molecular weight is 282 g/mol. The summed E-state index contributed by atoms with van der Waals surface area (Å²) in [6.07, 6.45) is 0.917. The van der Waals surface area contributed by atoms with Crippen molar-refractivity contribution >= 4 is 29.5 Å². The molecule has 0 saturated heterocycles. The highest BCUT2D eigenvalue weighted by molar-refractivity contribution is 7.71. The molecule has 96 valence electrons. The molecule has 7 heteroatoms. The Morgan fingerprint density at radius 2 is 2.50 bits per heavy atom. The Labute approximate surface area is 114 Å². The lowest BCUT2D eigenvalue weighted by Crippen LogP contribution is -2.28. The Hall–Kier alpha value is -1.47. The highest BCUT2D eigenvalue weighted by Gasteiger charge is 2.12. The molecule has 2 aromatic rings. The summed E-state index contributed by atoms with van der Waals surface area (Å²) in [5, 5.41) is 11.7. The van der Waals surface area contributed by atoms with Crippen molar-refractivity contribution in [2.45, 2.75) is 19.9 Å². The van der Waals surface area contributed by atoms with E-state index in [1.165, 1.54) is 0 Å². The van der Waals surface area contributed by atoms with Crippen molar-refractivity contribution in [2.75, 3.05) is 6.54 Å². The fraction of sp³-hybridized carbons (Fsp3) is 0.364. The lowest BCUT2D eigenvalue weighted by atomic mass is 10.4. The monoisotopic (exact) mass is 282 g/mol. The molecule has 18 heavy (non-hydrogen) atoms. The van der Waals surface area contributed by atoms with Crippen LogP contribution in [0, 0.1) is 4.77 Å². The van der Waals surface area contributed by atoms with E-state index in [1.54, 1.807) is 15.9 Å². The van der Waals surface area contributed by atoms with Gasteiger partial charge >= 0.3 is 0 Å². The molecule has 2 N–H and O–H groups in total. The van der Waals surface area contributed by atoms with Crippen LogP contribution in [-0.2, 0) is 11.3 Å². The van der Waals surface area contributed by atoms with Crippen LogP contribution >= 0.6 is 23.6 Å². The van der Waals surface area contributed by atoms with Crippen LogP contribution in [0.4, 0.5) is 0 Å². The zero-order valence-electron chi connectivity index (χ0n) is 9.97. The van der Waals surface area contributed by atoms with Gasteiger partial charge in [-0.3, -0.25) is 14.5 Å². The van der Waals surface area contributed by atoms with Crippen molar-refractivity contribution in [1.82, 2.24) is 20.1 Å². The standard InChI is InChI=1S/C11H14N4OS2/c1-2-5-12-9(16)7-15-10(13-14-11(15)17)8-4-3-6-18-8/h3-4,6H,2,5,7H2,1H3,(H,12,16)(H,14,17). The van der Waals surface area contributed by atoms with Gasteiger partial charge in [-0.05, 0) is 30.1 Å². The van der Waals surface area contributed by atoms with Gasteiger partial charge in [-0.2, -0.15) is 5.10 Å². The van der Waals surface area contributed by atoms with E-state index in [-0.39, 0.29) is 12.5 Å². The first-order valence-corrected chi connectivity index (χ1v) is 6.97. The predicted octanol–water partition coefficient (Wildman–Crippen LogP) is 2.20. The van der Waals surface area contributed by atoms with Crippen molar-refractivity contribution in [1.29, 1.82) is 0 Å². The predicted molar refractivity (Wildman–Crippen MR) is 74.0 cm³/mol. The summed E-state index contributed by atoms with van der Waals surface area (Å²) in [4.78, 5) is 12.7. The fourth-order valence-electron chi connectivity index (χ4n) is 1.52. The molecule has 0 aliphatic rings. The number of H-pyrrole nitrogens is 1. The second-order valence-corrected chi connectivity index (χ2v) is 5.10. The van der Waals surface area contributed by atoms with Gasteiger partial charge in [0.25, 0.3) is 0 Å². The van der Waals surface area contributed by atoms with E-state index in [2.05, 4.69) is 15.5 Å². The smallest absolute Gasteiger partial charge is 0.240 e. The number of nitrogens with zero attached hydrogens (tertiary/aromatic N) is 2. The van der Waals surface area contributed by atoms with Gasteiger partial charge in [0.2, 0.25) is 5.91 Å². The zero-order chi connectivity index (χ0) is 13.0. The fourth-order valence-corrected chi connectivity index (χ4v) is 2.44. The van der Waals surface area contributed by atoms with Gasteiger partial charge in [0.15, 0.2) is 10.6 Å². The topological polar surface area (TPSA) is 62.7 Å². The molecule has 0 bridgehead atoms. The van der Waals surface area contributed by atoms with Gasteiger partial charge in [-0.25, -0.2) is 0 Å². The van der Waals surface area contributed by atoms with Gasteiger partial charge in [-0.1, -0.05) is 13.0 Å². The van der Waals surface area contributed by atoms with Crippen LogP contribution in [-0.4, -0.2) is 27.2 Å². The van der Waals surface area contributed by atoms with Gasteiger partial charge in [0.1, 0.15) is 6.54 Å². The highest BCUT2D eigenvalue weighted by atomic mass is 32.1. The molecule has 0 unspecified atom stereocenters. The third-order valence-electron chi connectivity index (χ3n) is 2.37. The minimum Gasteiger partial charge on any atom is -0.355 e. The maximum absolute atomic E-state index is 11.7. The molecule has 0 saturated carbocycles. The minimum absolute atomic E-state index is 0.0489. The summed E-state index contributed by atoms with van der Waals surface area (Å²) in [6, 6.07) is 3.90. The molecule has 0 aromatic carbocycles. The quantitative estimate of drug-likeness (QED) is 0.826. The van der Waals surface area contributed by atoms with Crippen molar-refractivity contribution in [3.8, 4) is 10.7 Å². The van der Waals surface area contributed by atoms with E-state index in [0.29, 0.717) is 17.1 Å². The number of carbonyl (C=O) groups excluding carboxylic acids is 1. The molecule has 2 heterocycles. The first kappa shape index (κ1) is 13.0. The zero-order valence-corrected chi connectivity index (χ0v) is 11.6. The Morgan fingerprint density at radius 3 is 3.17 bits per heavy atom. The number of nitrogens with one attached hydrogen (secondary N) is 2. The van der Waals surface area contributed by atoms with Gasteiger partial charge in [-0.15, -0.1) is 11.3 Å². The average Bonchev–Trinajstić information content (AvgIpc) is 2.98. The third-order valence-corrected chi connectivity index (χ3v) is 3.55. The molecule has 2 aromatic heterocycles. The maximum atomic E-state index is 11.7. The van der Waals surface area contributed by atoms with Crippen LogP contribution in [0.3, 0.4) is 0 Å². The molecular weight excluding hydrogens is 268 g/mol. The lowest BCUT2D eigenvalue weighted by molar-refractivity contribution is -0.121. The Kier molecular flexibility index (Phi) is 4.27. The van der Waals surface area contributed by atoms with Crippen LogP contribution in [0.5, 0.6) is 0 Å². The number of aromatic nitrogens is 3. The van der Waals surface area contributed by atoms with Crippen molar-refractivity contribution in [2.24, 2.45) is 0 Å². The molecule has 0 spiro atoms. The lowest BCUT2D eigenvalue weighted by Gasteiger charge is -2.06. The second-order valence-electron chi connectivity index (χ2n) is 3.77. The van der Waals surface area contributed by atoms with Crippen LogP contribution in [0.15, 0.2) is 17.5 Å². The SMILES string of the molecule is CCCNC(=O)Cn1c(-c2cccs2)n[nH]c1=S. The Morgan fingerprint density at radius 1 is 1.67 bits per heavy atom. The number of hydrogen-bond donors (Lipinski definition) is 2. The van der Waals surface area contributed by atoms with E-state index in [0.717, 1.165) is 11.3 Å². The molecule has 2 rings (SSSR count). The van der Waals surface area contributed by atoms with Crippen LogP contribution < -0.4 is 5.32 Å². The normalized spacial score (nSPS) is 10.5. The number of hydrogen-bond acceptors (Lipinski definition) is 4. The molecule has 0 aliphatic carbocycles. The van der Waals surface area contributed by atoms with Crippen LogP contribution in [0.2, 0.25) is 0 Å². The first-order chi connectivity index (χ1) is 8.72. The number of amides is 1. The number of rotatable bonds is 5. The van der Waals surface area contributed by atoms with Gasteiger partial charge in [0, 0.05) is 6.54 Å². The van der Waals surface area contributed by atoms with E-state index in [4.69, 9.17) is 12.2 Å². The molecule has 0 radical (unpaired) electrons. The van der Waals surface area contributed by atoms with Gasteiger partial charge in [0.05, 0.1) is 4.88 Å². The summed E-state index contributed by atoms with van der Waals surface area (Å²) >= 11 is 6.71. The highest BCUT2D eigenvalue weighted by Crippen LogP contribution is 2.22. The van der Waals surface area contributed by atoms with E-state index in [1.807, 2.05) is 24.4 Å². The minimum atomic E-state index is -0.0489. The van der Waals surface area contributed by atoms with E-state index in [9.17, 15) is 4.79 Å².